The number of phenolic OH excluding ortho intramolecular Hbond substituents is 6. The van der Waals surface area contributed by atoms with E-state index in [0.29, 0.717) is 44.5 Å². The Balaban J connectivity index is 1.50. The fourth-order valence-corrected chi connectivity index (χ4v) is 7.64. The van der Waals surface area contributed by atoms with E-state index in [4.69, 9.17) is 9.47 Å². The first-order valence-electron chi connectivity index (χ1n) is 19.5. The lowest BCUT2D eigenvalue weighted by atomic mass is 9.83. The van der Waals surface area contributed by atoms with Crippen LogP contribution in [-0.4, -0.2) is 69.4 Å². The molecule has 10 nitrogen and oxygen atoms in total. The van der Waals surface area contributed by atoms with E-state index in [0.717, 1.165) is 11.1 Å². The van der Waals surface area contributed by atoms with E-state index in [1.54, 1.807) is 13.8 Å². The lowest BCUT2D eigenvalue weighted by Crippen LogP contribution is -2.03. The number of aliphatic imine (C=N–C) groups is 2. The van der Waals surface area contributed by atoms with Crippen LogP contribution in [0.25, 0.3) is 32.7 Å². The number of phenols is 6. The van der Waals surface area contributed by atoms with Crippen molar-refractivity contribution in [2.45, 2.75) is 67.2 Å². The predicted molar refractivity (Wildman–Crippen MR) is 233 cm³/mol. The molecule has 0 fully saturated rings. The molecule has 0 unspecified atom stereocenters. The molecule has 0 heterocycles. The Morgan fingerprint density at radius 1 is 0.500 bits per heavy atom. The van der Waals surface area contributed by atoms with E-state index in [2.05, 4.69) is 9.98 Å². The number of ether oxygens (including phenoxy) is 2. The molecule has 6 aromatic rings. The molecule has 0 spiro atoms. The van der Waals surface area contributed by atoms with Gasteiger partial charge in [-0.15, -0.1) is 0 Å². The molecule has 0 saturated heterocycles. The fourth-order valence-electron chi connectivity index (χ4n) is 7.64. The summed E-state index contributed by atoms with van der Waals surface area (Å²) in [7, 11) is 0. The molecular weight excluding hydrogens is 733 g/mol. The van der Waals surface area contributed by atoms with Crippen molar-refractivity contribution in [3.05, 3.63) is 105 Å². The lowest BCUT2D eigenvalue weighted by Gasteiger charge is -2.23. The number of aryl methyl sites for hydroxylation is 4. The fraction of sp³-hybridized carbons (Fsp3) is 0.292. The van der Waals surface area contributed by atoms with Gasteiger partial charge in [0, 0.05) is 56.6 Å². The van der Waals surface area contributed by atoms with Crippen LogP contribution in [-0.2, 0) is 0 Å². The molecule has 0 aromatic heterocycles. The highest BCUT2D eigenvalue weighted by Gasteiger charge is 2.29. The molecule has 0 atom stereocenters. The summed E-state index contributed by atoms with van der Waals surface area (Å²) in [5, 5.41) is 71.8. The van der Waals surface area contributed by atoms with Crippen LogP contribution in [0, 0.1) is 27.7 Å². The molecule has 0 aliphatic heterocycles. The van der Waals surface area contributed by atoms with Crippen LogP contribution >= 0.6 is 0 Å². The number of hydrogen-bond donors (Lipinski definition) is 6. The molecule has 0 aliphatic rings. The normalized spacial score (nSPS) is 12.0. The molecule has 6 N–H and O–H groups in total. The first kappa shape index (κ1) is 41.2. The average Bonchev–Trinajstić information content (AvgIpc) is 3.16. The maximum absolute atomic E-state index is 12.4. The van der Waals surface area contributed by atoms with E-state index in [1.807, 2.05) is 102 Å². The first-order valence-corrected chi connectivity index (χ1v) is 19.5. The van der Waals surface area contributed by atoms with Crippen LogP contribution in [0.4, 0.5) is 0 Å². The van der Waals surface area contributed by atoms with Crippen LogP contribution in [0.2, 0.25) is 0 Å². The smallest absolute Gasteiger partial charge is 0.167 e. The third kappa shape index (κ3) is 7.92. The van der Waals surface area contributed by atoms with Crippen molar-refractivity contribution in [2.24, 2.45) is 9.98 Å². The maximum Gasteiger partial charge on any atom is 0.167 e. The van der Waals surface area contributed by atoms with Crippen molar-refractivity contribution in [3.63, 3.8) is 0 Å². The second kappa shape index (κ2) is 17.0. The Bertz CT molecular complexity index is 2380. The summed E-state index contributed by atoms with van der Waals surface area (Å²) in [6.45, 7) is 16.1. The molecule has 0 radical (unpaired) electrons. The summed E-state index contributed by atoms with van der Waals surface area (Å²) in [5.74, 6) is -1.04. The van der Waals surface area contributed by atoms with Crippen molar-refractivity contribution in [1.29, 1.82) is 0 Å². The van der Waals surface area contributed by atoms with Gasteiger partial charge in [-0.25, -0.2) is 0 Å². The van der Waals surface area contributed by atoms with Gasteiger partial charge in [-0.1, -0.05) is 75.2 Å². The molecule has 10 heteroatoms. The number of aromatic hydroxyl groups is 6. The minimum atomic E-state index is -0.434. The topological polar surface area (TPSA) is 165 Å². The highest BCUT2D eigenvalue weighted by atomic mass is 16.5. The van der Waals surface area contributed by atoms with Gasteiger partial charge in [0.15, 0.2) is 23.0 Å². The zero-order valence-corrected chi connectivity index (χ0v) is 34.3. The molecule has 6 aromatic carbocycles. The number of benzene rings is 6. The van der Waals surface area contributed by atoms with Gasteiger partial charge in [0.2, 0.25) is 0 Å². The van der Waals surface area contributed by atoms with Crippen LogP contribution in [0.15, 0.2) is 70.6 Å². The van der Waals surface area contributed by atoms with Crippen LogP contribution in [0.5, 0.6) is 46.0 Å². The Kier molecular flexibility index (Phi) is 12.1. The van der Waals surface area contributed by atoms with Gasteiger partial charge in [0.25, 0.3) is 0 Å². The number of nitrogens with zero attached hydrogens (tertiary/aromatic N) is 2. The van der Waals surface area contributed by atoms with Crippen molar-refractivity contribution in [3.8, 4) is 57.1 Å². The monoisotopic (exact) mass is 784 g/mol. The first-order chi connectivity index (χ1) is 27.6. The van der Waals surface area contributed by atoms with Crippen LogP contribution < -0.4 is 9.47 Å². The predicted octanol–water partition coefficient (Wildman–Crippen LogP) is 10.4. The van der Waals surface area contributed by atoms with Gasteiger partial charge in [-0.05, 0) is 85.7 Å². The zero-order chi connectivity index (χ0) is 42.0. The van der Waals surface area contributed by atoms with Crippen molar-refractivity contribution in [1.82, 2.24) is 0 Å². The largest absolute Gasteiger partial charge is 0.507 e. The molecule has 302 valence electrons. The highest BCUT2D eigenvalue weighted by molar-refractivity contribution is 6.15. The van der Waals surface area contributed by atoms with Gasteiger partial charge in [-0.2, -0.15) is 0 Å². The summed E-state index contributed by atoms with van der Waals surface area (Å²) in [5.41, 5.74) is 5.07. The lowest BCUT2D eigenvalue weighted by molar-refractivity contribution is 0.329. The van der Waals surface area contributed by atoms with E-state index < -0.39 is 11.5 Å². The third-order valence-corrected chi connectivity index (χ3v) is 10.5. The van der Waals surface area contributed by atoms with E-state index in [-0.39, 0.29) is 94.2 Å². The Morgan fingerprint density at radius 2 is 0.845 bits per heavy atom. The summed E-state index contributed by atoms with van der Waals surface area (Å²) >= 11 is 0. The van der Waals surface area contributed by atoms with Crippen molar-refractivity contribution >= 4 is 34.0 Å². The number of hydrogen-bond acceptors (Lipinski definition) is 10. The third-order valence-electron chi connectivity index (χ3n) is 10.5. The standard InChI is InChI=1S/C48H52N2O8/c1-25(2)37-33-21-29(7)39(45(53)41(33)35(43(51)47(37)55)23-49-17-19-57-31-13-9-27(5)10-14-31)40-30(8)22-34-38(26(3)4)48(56)44(52)36(42(34)46(40)54)24-50-18-20-58-32-15-11-28(6)12-16-32/h9-16,21-26,51-56H,17-20H2,1-8H3. The Hall–Kier alpha value is -6.42. The number of rotatable bonds is 13. The SMILES string of the molecule is Cc1ccc(OCCN=Cc2c(O)c(O)c(C(C)C)c3cc(C)c(-c4c(C)cc5c(C(C)C)c(O)c(O)c(C=NCCOc6ccc(C)cc6)c5c4O)c(O)c23)cc1. The average molecular weight is 785 g/mol. The minimum Gasteiger partial charge on any atom is -0.507 e. The quantitative estimate of drug-likeness (QED) is 0.0383. The summed E-state index contributed by atoms with van der Waals surface area (Å²) < 4.78 is 11.6. The van der Waals surface area contributed by atoms with E-state index >= 15 is 0 Å². The zero-order valence-electron chi connectivity index (χ0n) is 34.3. The molecule has 6 rings (SSSR count). The van der Waals surface area contributed by atoms with Gasteiger partial charge >= 0.3 is 0 Å². The molecule has 0 amide bonds. The minimum absolute atomic E-state index is 0.106. The van der Waals surface area contributed by atoms with Crippen molar-refractivity contribution < 1.29 is 40.1 Å². The van der Waals surface area contributed by atoms with Gasteiger partial charge in [0.05, 0.1) is 13.1 Å². The van der Waals surface area contributed by atoms with Crippen LogP contribution in [0.1, 0.15) is 84.0 Å². The van der Waals surface area contributed by atoms with Crippen LogP contribution in [0.3, 0.4) is 0 Å². The van der Waals surface area contributed by atoms with Gasteiger partial charge in [-0.3, -0.25) is 9.98 Å². The van der Waals surface area contributed by atoms with Crippen molar-refractivity contribution in [2.75, 3.05) is 26.3 Å². The van der Waals surface area contributed by atoms with E-state index in [9.17, 15) is 30.6 Å². The second-order valence-electron chi connectivity index (χ2n) is 15.4. The highest BCUT2D eigenvalue weighted by Crippen LogP contribution is 2.54. The second-order valence-corrected chi connectivity index (χ2v) is 15.4. The molecule has 58 heavy (non-hydrogen) atoms. The van der Waals surface area contributed by atoms with E-state index in [1.165, 1.54) is 12.4 Å². The molecule has 0 aliphatic carbocycles. The Labute approximate surface area is 339 Å². The molecule has 0 bridgehead atoms. The summed E-state index contributed by atoms with van der Waals surface area (Å²) in [6.07, 6.45) is 2.83. The molecular formula is C48H52N2O8. The van der Waals surface area contributed by atoms with Gasteiger partial charge in [0.1, 0.15) is 36.2 Å². The summed E-state index contributed by atoms with van der Waals surface area (Å²) in [6, 6.07) is 19.0. The Morgan fingerprint density at radius 3 is 1.17 bits per heavy atom. The molecule has 0 saturated carbocycles. The van der Waals surface area contributed by atoms with Gasteiger partial charge < -0.3 is 40.1 Å². The number of fused-ring (bicyclic) bond motifs is 2. The summed E-state index contributed by atoms with van der Waals surface area (Å²) in [4.78, 5) is 9.01. The maximum atomic E-state index is 12.4.